The quantitative estimate of drug-likeness (QED) is 0.368. The first-order valence-electron chi connectivity index (χ1n) is 13.9. The van der Waals surface area contributed by atoms with Gasteiger partial charge in [-0.1, -0.05) is 89.4 Å². The third-order valence-electron chi connectivity index (χ3n) is 6.15. The lowest BCUT2D eigenvalue weighted by atomic mass is 10.0. The predicted octanol–water partition coefficient (Wildman–Crippen LogP) is 6.35. The normalized spacial score (nSPS) is 14.5. The van der Waals surface area contributed by atoms with E-state index in [0.717, 1.165) is 42.7 Å². The van der Waals surface area contributed by atoms with Gasteiger partial charge >= 0.3 is 0 Å². The number of hydrogen-bond donors (Lipinski definition) is 1. The van der Waals surface area contributed by atoms with Crippen molar-refractivity contribution in [2.45, 2.75) is 72.3 Å². The van der Waals surface area contributed by atoms with Crippen molar-refractivity contribution in [2.24, 2.45) is 0 Å². The molecule has 202 valence electrons. The van der Waals surface area contributed by atoms with Crippen LogP contribution in [-0.4, -0.2) is 62.6 Å². The number of ether oxygens (including phenoxy) is 1. The molecule has 1 atom stereocenters. The molecular weight excluding hydrogens is 446 g/mol. The molecule has 5 nitrogen and oxygen atoms in total. The zero-order chi connectivity index (χ0) is 26.6. The number of hydrogen-bond acceptors (Lipinski definition) is 4. The molecule has 0 radical (unpaired) electrons. The van der Waals surface area contributed by atoms with Crippen molar-refractivity contribution in [3.05, 3.63) is 65.7 Å². The molecule has 0 saturated carbocycles. The molecule has 1 heterocycles. The second-order valence-electron chi connectivity index (χ2n) is 9.30. The zero-order valence-electron chi connectivity index (χ0n) is 23.8. The van der Waals surface area contributed by atoms with Gasteiger partial charge in [-0.15, -0.1) is 0 Å². The fourth-order valence-electron chi connectivity index (χ4n) is 3.88. The third kappa shape index (κ3) is 13.6. The second kappa shape index (κ2) is 19.8. The van der Waals surface area contributed by atoms with E-state index in [1.165, 1.54) is 39.0 Å². The SMILES string of the molecule is CC.CCCCCOc1ccc(C(CCC)NC(=O)Cc2ccccc2)cc1.CN1CCN(C)CC1. The van der Waals surface area contributed by atoms with Crippen molar-refractivity contribution in [3.8, 4) is 5.75 Å². The van der Waals surface area contributed by atoms with Crippen LogP contribution in [0.25, 0.3) is 0 Å². The molecule has 36 heavy (non-hydrogen) atoms. The molecule has 0 bridgehead atoms. The number of piperazine rings is 1. The summed E-state index contributed by atoms with van der Waals surface area (Å²) in [6.45, 7) is 14.0. The van der Waals surface area contributed by atoms with Crippen LogP contribution >= 0.6 is 0 Å². The molecule has 0 spiro atoms. The number of rotatable bonds is 11. The Balaban J connectivity index is 0.000000543. The van der Waals surface area contributed by atoms with Gasteiger partial charge in [0.15, 0.2) is 0 Å². The van der Waals surface area contributed by atoms with Crippen LogP contribution in [0.1, 0.15) is 77.0 Å². The minimum absolute atomic E-state index is 0.0466. The highest BCUT2D eigenvalue weighted by Gasteiger charge is 2.14. The van der Waals surface area contributed by atoms with E-state index in [9.17, 15) is 4.79 Å². The van der Waals surface area contributed by atoms with Gasteiger partial charge in [-0.3, -0.25) is 4.79 Å². The Hall–Kier alpha value is -2.37. The minimum atomic E-state index is 0.0466. The van der Waals surface area contributed by atoms with Gasteiger partial charge in [0.1, 0.15) is 5.75 Å². The summed E-state index contributed by atoms with van der Waals surface area (Å²) in [6, 6.07) is 18.1. The summed E-state index contributed by atoms with van der Waals surface area (Å²) in [7, 11) is 4.35. The van der Waals surface area contributed by atoms with Gasteiger partial charge in [-0.25, -0.2) is 0 Å². The van der Waals surface area contributed by atoms with E-state index < -0.39 is 0 Å². The monoisotopic (exact) mass is 497 g/mol. The number of nitrogens with one attached hydrogen (secondary N) is 1. The Labute approximate surface area is 221 Å². The van der Waals surface area contributed by atoms with Crippen molar-refractivity contribution in [2.75, 3.05) is 46.9 Å². The number of nitrogens with zero attached hydrogens (tertiary/aromatic N) is 2. The van der Waals surface area contributed by atoms with Crippen molar-refractivity contribution in [1.29, 1.82) is 0 Å². The highest BCUT2D eigenvalue weighted by atomic mass is 16.5. The molecule has 5 heteroatoms. The van der Waals surface area contributed by atoms with Gasteiger partial charge in [0, 0.05) is 26.2 Å². The van der Waals surface area contributed by atoms with Crippen LogP contribution in [0.4, 0.5) is 0 Å². The predicted molar refractivity (Wildman–Crippen MR) is 154 cm³/mol. The van der Waals surface area contributed by atoms with E-state index >= 15 is 0 Å². The Morgan fingerprint density at radius 3 is 1.97 bits per heavy atom. The average Bonchev–Trinajstić information content (AvgIpc) is 2.91. The van der Waals surface area contributed by atoms with Crippen LogP contribution < -0.4 is 10.1 Å². The summed E-state index contributed by atoms with van der Waals surface area (Å²) >= 11 is 0. The third-order valence-corrected chi connectivity index (χ3v) is 6.15. The number of amides is 1. The Morgan fingerprint density at radius 1 is 0.861 bits per heavy atom. The number of benzene rings is 2. The van der Waals surface area contributed by atoms with E-state index in [1.807, 2.05) is 56.3 Å². The molecule has 1 aliphatic rings. The van der Waals surface area contributed by atoms with Crippen LogP contribution in [0.15, 0.2) is 54.6 Å². The van der Waals surface area contributed by atoms with Crippen LogP contribution in [0.5, 0.6) is 5.75 Å². The summed E-state index contributed by atoms with van der Waals surface area (Å²) < 4.78 is 5.78. The largest absolute Gasteiger partial charge is 0.494 e. The van der Waals surface area contributed by atoms with Crippen LogP contribution in [0.2, 0.25) is 0 Å². The Bertz CT molecular complexity index is 777. The number of unbranched alkanes of at least 4 members (excludes halogenated alkanes) is 2. The molecule has 1 saturated heterocycles. The Kier molecular flexibility index (Phi) is 17.4. The molecule has 1 N–H and O–H groups in total. The van der Waals surface area contributed by atoms with Crippen LogP contribution in [-0.2, 0) is 11.2 Å². The molecule has 1 aliphatic heterocycles. The molecule has 1 amide bonds. The van der Waals surface area contributed by atoms with Gasteiger partial charge in [-0.2, -0.15) is 0 Å². The highest BCUT2D eigenvalue weighted by Crippen LogP contribution is 2.22. The maximum Gasteiger partial charge on any atom is 0.224 e. The average molecular weight is 498 g/mol. The smallest absolute Gasteiger partial charge is 0.224 e. The van der Waals surface area contributed by atoms with Gasteiger partial charge < -0.3 is 19.9 Å². The van der Waals surface area contributed by atoms with Crippen molar-refractivity contribution >= 4 is 5.91 Å². The lowest BCUT2D eigenvalue weighted by Gasteiger charge is -2.28. The summed E-state index contributed by atoms with van der Waals surface area (Å²) in [6.07, 6.45) is 5.85. The molecule has 0 aliphatic carbocycles. The van der Waals surface area contributed by atoms with E-state index in [0.29, 0.717) is 6.42 Å². The lowest BCUT2D eigenvalue weighted by Crippen LogP contribution is -2.42. The molecule has 3 rings (SSSR count). The van der Waals surface area contributed by atoms with E-state index in [1.54, 1.807) is 0 Å². The first-order valence-corrected chi connectivity index (χ1v) is 13.9. The highest BCUT2D eigenvalue weighted by molar-refractivity contribution is 5.79. The summed E-state index contributed by atoms with van der Waals surface area (Å²) in [5, 5.41) is 3.18. The molecule has 1 fully saturated rings. The van der Waals surface area contributed by atoms with E-state index in [2.05, 4.69) is 55.2 Å². The van der Waals surface area contributed by atoms with Crippen LogP contribution in [0, 0.1) is 0 Å². The number of carbonyl (C=O) groups excluding carboxylic acids is 1. The van der Waals surface area contributed by atoms with Gasteiger partial charge in [0.25, 0.3) is 0 Å². The number of likely N-dealkylation sites (N-methyl/N-ethyl adjacent to an activating group) is 2. The first kappa shape index (κ1) is 31.7. The fourth-order valence-corrected chi connectivity index (χ4v) is 3.88. The van der Waals surface area contributed by atoms with Crippen molar-refractivity contribution < 1.29 is 9.53 Å². The minimum Gasteiger partial charge on any atom is -0.494 e. The molecule has 2 aromatic rings. The summed E-state index contributed by atoms with van der Waals surface area (Å²) in [4.78, 5) is 17.1. The molecule has 1 unspecified atom stereocenters. The number of carbonyl (C=O) groups is 1. The maximum atomic E-state index is 12.4. The summed E-state index contributed by atoms with van der Waals surface area (Å²) in [5.74, 6) is 0.963. The summed E-state index contributed by atoms with van der Waals surface area (Å²) in [5.41, 5.74) is 2.17. The zero-order valence-corrected chi connectivity index (χ0v) is 23.8. The lowest BCUT2D eigenvalue weighted by molar-refractivity contribution is -0.121. The molecular formula is C31H51N3O2. The standard InChI is InChI=1S/C23H31NO2.C6H14N2.C2H6/c1-3-5-9-17-26-21-15-13-20(14-16-21)22(10-4-2)24-23(25)18-19-11-7-6-8-12-19;1-7-3-5-8(2)6-4-7;1-2/h6-8,11-16,22H,3-5,9-10,17-18H2,1-2H3,(H,24,25);3-6H2,1-2H3;1-2H3. The molecule has 2 aromatic carbocycles. The van der Waals surface area contributed by atoms with Gasteiger partial charge in [-0.05, 0) is 50.2 Å². The Morgan fingerprint density at radius 2 is 1.44 bits per heavy atom. The maximum absolute atomic E-state index is 12.4. The molecule has 0 aromatic heterocycles. The van der Waals surface area contributed by atoms with E-state index in [-0.39, 0.29) is 11.9 Å². The fraction of sp³-hybridized carbons (Fsp3) is 0.581. The van der Waals surface area contributed by atoms with Gasteiger partial charge in [0.05, 0.1) is 19.1 Å². The van der Waals surface area contributed by atoms with Crippen molar-refractivity contribution in [3.63, 3.8) is 0 Å². The van der Waals surface area contributed by atoms with E-state index in [4.69, 9.17) is 4.74 Å². The first-order chi connectivity index (χ1) is 17.5. The topological polar surface area (TPSA) is 44.8 Å². The van der Waals surface area contributed by atoms with Crippen LogP contribution in [0.3, 0.4) is 0 Å². The van der Waals surface area contributed by atoms with Crippen molar-refractivity contribution in [1.82, 2.24) is 15.1 Å². The second-order valence-corrected chi connectivity index (χ2v) is 9.30. The van der Waals surface area contributed by atoms with Gasteiger partial charge in [0.2, 0.25) is 5.91 Å².